The molecule has 1 aromatic heterocycles. The van der Waals surface area contributed by atoms with E-state index in [1.807, 2.05) is 91.0 Å². The van der Waals surface area contributed by atoms with Gasteiger partial charge in [-0.15, -0.1) is 0 Å². The van der Waals surface area contributed by atoms with Gasteiger partial charge in [0.05, 0.1) is 5.69 Å². The van der Waals surface area contributed by atoms with Gasteiger partial charge in [-0.25, -0.2) is 0 Å². The Morgan fingerprint density at radius 2 is 1.67 bits per heavy atom. The summed E-state index contributed by atoms with van der Waals surface area (Å²) in [6, 6.07) is 23.3. The van der Waals surface area contributed by atoms with Crippen LogP contribution in [0.3, 0.4) is 0 Å². The predicted molar refractivity (Wildman–Crippen MR) is 110 cm³/mol. The highest BCUT2D eigenvalue weighted by Gasteiger charge is 2.08. The van der Waals surface area contributed by atoms with Gasteiger partial charge in [0.25, 0.3) is 0 Å². The van der Waals surface area contributed by atoms with Crippen molar-refractivity contribution in [3.05, 3.63) is 102 Å². The average Bonchev–Trinajstić information content (AvgIpc) is 2.71. The maximum atomic E-state index is 12.0. The van der Waals surface area contributed by atoms with Crippen molar-refractivity contribution in [1.82, 2.24) is 4.98 Å². The summed E-state index contributed by atoms with van der Waals surface area (Å²) in [5.41, 5.74) is 3.34. The SMILES string of the molecule is CC(=O)/C(=C/c1ccc(OC/C=C/c2ccccc2)cc1)c1ccccn1. The van der Waals surface area contributed by atoms with Crippen LogP contribution in [0.15, 0.2) is 85.1 Å². The third-order valence-corrected chi connectivity index (χ3v) is 3.97. The summed E-state index contributed by atoms with van der Waals surface area (Å²) in [4.78, 5) is 16.2. The molecule has 1 heterocycles. The van der Waals surface area contributed by atoms with Crippen LogP contribution in [0, 0.1) is 0 Å². The van der Waals surface area contributed by atoms with E-state index in [0.717, 1.165) is 16.9 Å². The number of aromatic nitrogens is 1. The minimum atomic E-state index is -0.0138. The predicted octanol–water partition coefficient (Wildman–Crippen LogP) is 5.30. The molecule has 3 nitrogen and oxygen atoms in total. The van der Waals surface area contributed by atoms with Crippen LogP contribution in [0.2, 0.25) is 0 Å². The van der Waals surface area contributed by atoms with Crippen molar-refractivity contribution in [2.75, 3.05) is 6.61 Å². The number of nitrogens with zero attached hydrogens (tertiary/aromatic N) is 1. The molecule has 134 valence electrons. The Bertz CT molecular complexity index is 927. The van der Waals surface area contributed by atoms with Crippen LogP contribution in [-0.2, 0) is 4.79 Å². The fourth-order valence-electron chi connectivity index (χ4n) is 2.60. The number of ether oxygens (including phenoxy) is 1. The summed E-state index contributed by atoms with van der Waals surface area (Å²) in [6.45, 7) is 2.05. The van der Waals surface area contributed by atoms with E-state index in [2.05, 4.69) is 4.98 Å². The summed E-state index contributed by atoms with van der Waals surface area (Å²) in [5, 5.41) is 0. The molecule has 0 aliphatic heterocycles. The van der Waals surface area contributed by atoms with E-state index in [1.165, 1.54) is 0 Å². The molecule has 0 saturated heterocycles. The zero-order chi connectivity index (χ0) is 18.9. The van der Waals surface area contributed by atoms with Gasteiger partial charge in [-0.3, -0.25) is 9.78 Å². The Morgan fingerprint density at radius 1 is 0.926 bits per heavy atom. The normalized spacial score (nSPS) is 11.5. The Balaban J connectivity index is 1.64. The number of benzene rings is 2. The topological polar surface area (TPSA) is 39.2 Å². The molecule has 27 heavy (non-hydrogen) atoms. The molecular formula is C24H21NO2. The summed E-state index contributed by atoms with van der Waals surface area (Å²) in [7, 11) is 0. The van der Waals surface area contributed by atoms with Gasteiger partial charge in [0.1, 0.15) is 12.4 Å². The second-order valence-electron chi connectivity index (χ2n) is 6.02. The van der Waals surface area contributed by atoms with Gasteiger partial charge in [0.15, 0.2) is 5.78 Å². The summed E-state index contributed by atoms with van der Waals surface area (Å²) >= 11 is 0. The Kier molecular flexibility index (Phi) is 6.31. The van der Waals surface area contributed by atoms with Crippen molar-refractivity contribution in [2.45, 2.75) is 6.92 Å². The molecule has 2 aromatic carbocycles. The molecule has 0 radical (unpaired) electrons. The van der Waals surface area contributed by atoms with E-state index >= 15 is 0 Å². The number of ketones is 1. The molecule has 0 fully saturated rings. The fraction of sp³-hybridized carbons (Fsp3) is 0.0833. The zero-order valence-corrected chi connectivity index (χ0v) is 15.2. The lowest BCUT2D eigenvalue weighted by molar-refractivity contribution is -0.111. The van der Waals surface area contributed by atoms with Crippen LogP contribution in [0.4, 0.5) is 0 Å². The van der Waals surface area contributed by atoms with Crippen LogP contribution in [0.5, 0.6) is 5.75 Å². The molecule has 3 rings (SSSR count). The van der Waals surface area contributed by atoms with Crippen LogP contribution < -0.4 is 4.74 Å². The molecule has 0 atom stereocenters. The standard InChI is InChI=1S/C24H21NO2/c1-19(26)23(24-11-5-6-16-25-24)18-21-12-14-22(15-13-21)27-17-7-10-20-8-3-2-4-9-20/h2-16,18H,17H2,1H3/b10-7+,23-18-. The van der Waals surface area contributed by atoms with Gasteiger partial charge < -0.3 is 4.74 Å². The number of carbonyl (C=O) groups excluding carboxylic acids is 1. The van der Waals surface area contributed by atoms with Crippen molar-refractivity contribution in [2.24, 2.45) is 0 Å². The smallest absolute Gasteiger partial charge is 0.161 e. The second-order valence-corrected chi connectivity index (χ2v) is 6.02. The van der Waals surface area contributed by atoms with Crippen molar-refractivity contribution >= 4 is 23.5 Å². The van der Waals surface area contributed by atoms with E-state index in [4.69, 9.17) is 4.74 Å². The lowest BCUT2D eigenvalue weighted by atomic mass is 10.0. The Morgan fingerprint density at radius 3 is 2.33 bits per heavy atom. The van der Waals surface area contributed by atoms with Crippen LogP contribution in [0.1, 0.15) is 23.7 Å². The Labute approximate surface area is 159 Å². The molecule has 0 spiro atoms. The number of carbonyl (C=O) groups is 1. The molecule has 3 aromatic rings. The third-order valence-electron chi connectivity index (χ3n) is 3.97. The van der Waals surface area contributed by atoms with E-state index in [9.17, 15) is 4.79 Å². The van der Waals surface area contributed by atoms with Gasteiger partial charge in [0.2, 0.25) is 0 Å². The molecule has 0 amide bonds. The summed E-state index contributed by atoms with van der Waals surface area (Å²) in [6.07, 6.45) is 7.55. The number of hydrogen-bond acceptors (Lipinski definition) is 3. The molecule has 0 N–H and O–H groups in total. The second kappa shape index (κ2) is 9.30. The van der Waals surface area contributed by atoms with Crippen LogP contribution >= 0.6 is 0 Å². The first-order chi connectivity index (χ1) is 13.2. The van der Waals surface area contributed by atoms with Crippen LogP contribution in [0.25, 0.3) is 17.7 Å². The fourth-order valence-corrected chi connectivity index (χ4v) is 2.60. The number of rotatable bonds is 7. The van der Waals surface area contributed by atoms with Gasteiger partial charge in [-0.05, 0) is 54.5 Å². The van der Waals surface area contributed by atoms with Gasteiger partial charge in [-0.2, -0.15) is 0 Å². The van der Waals surface area contributed by atoms with Crippen LogP contribution in [-0.4, -0.2) is 17.4 Å². The monoisotopic (exact) mass is 355 g/mol. The number of Topliss-reactive ketones (excluding diaryl/α,β-unsaturated/α-hetero) is 1. The van der Waals surface area contributed by atoms with E-state index < -0.39 is 0 Å². The maximum Gasteiger partial charge on any atom is 0.161 e. The average molecular weight is 355 g/mol. The van der Waals surface area contributed by atoms with E-state index in [0.29, 0.717) is 17.9 Å². The summed E-state index contributed by atoms with van der Waals surface area (Å²) in [5.74, 6) is 0.771. The van der Waals surface area contributed by atoms with Crippen molar-refractivity contribution in [1.29, 1.82) is 0 Å². The van der Waals surface area contributed by atoms with Crippen molar-refractivity contribution in [3.8, 4) is 5.75 Å². The maximum absolute atomic E-state index is 12.0. The highest BCUT2D eigenvalue weighted by atomic mass is 16.5. The molecule has 0 aliphatic rings. The molecule has 0 aliphatic carbocycles. The number of hydrogen-bond donors (Lipinski definition) is 0. The highest BCUT2D eigenvalue weighted by Crippen LogP contribution is 2.19. The van der Waals surface area contributed by atoms with E-state index in [1.54, 1.807) is 13.1 Å². The molecule has 0 unspecified atom stereocenters. The lowest BCUT2D eigenvalue weighted by Gasteiger charge is -2.05. The lowest BCUT2D eigenvalue weighted by Crippen LogP contribution is -1.98. The minimum absolute atomic E-state index is 0.0138. The highest BCUT2D eigenvalue weighted by molar-refractivity contribution is 6.23. The largest absolute Gasteiger partial charge is 0.490 e. The van der Waals surface area contributed by atoms with Gasteiger partial charge >= 0.3 is 0 Å². The molecular weight excluding hydrogens is 334 g/mol. The van der Waals surface area contributed by atoms with Crippen molar-refractivity contribution in [3.63, 3.8) is 0 Å². The van der Waals surface area contributed by atoms with E-state index in [-0.39, 0.29) is 5.78 Å². The third kappa shape index (κ3) is 5.51. The molecule has 0 bridgehead atoms. The minimum Gasteiger partial charge on any atom is -0.490 e. The first-order valence-electron chi connectivity index (χ1n) is 8.81. The van der Waals surface area contributed by atoms with Gasteiger partial charge in [-0.1, -0.05) is 54.6 Å². The summed E-state index contributed by atoms with van der Waals surface area (Å²) < 4.78 is 5.73. The molecule has 0 saturated carbocycles. The first-order valence-corrected chi connectivity index (χ1v) is 8.81. The van der Waals surface area contributed by atoms with Gasteiger partial charge in [0, 0.05) is 11.8 Å². The number of pyridine rings is 1. The number of allylic oxidation sites excluding steroid dienone is 1. The first kappa shape index (κ1) is 18.3. The molecule has 3 heteroatoms. The quantitative estimate of drug-likeness (QED) is 0.540. The van der Waals surface area contributed by atoms with Crippen molar-refractivity contribution < 1.29 is 9.53 Å². The Hall–Kier alpha value is -3.46. The zero-order valence-electron chi connectivity index (χ0n) is 15.2.